The third-order valence-electron chi connectivity index (χ3n) is 4.39. The maximum atomic E-state index is 13.6. The molecule has 0 saturated carbocycles. The van der Waals surface area contributed by atoms with Crippen molar-refractivity contribution in [2.75, 3.05) is 26.2 Å². The van der Waals surface area contributed by atoms with E-state index < -0.39 is 15.8 Å². The lowest BCUT2D eigenvalue weighted by atomic mass is 10.2. The summed E-state index contributed by atoms with van der Waals surface area (Å²) in [7, 11) is -3.73. The first kappa shape index (κ1) is 20.8. The average Bonchev–Trinajstić information content (AvgIpc) is 2.69. The van der Waals surface area contributed by atoms with Crippen molar-refractivity contribution in [3.05, 3.63) is 70.0 Å². The van der Waals surface area contributed by atoms with Crippen LogP contribution >= 0.6 is 23.2 Å². The van der Waals surface area contributed by atoms with Crippen LogP contribution in [0.2, 0.25) is 10.0 Å². The van der Waals surface area contributed by atoms with E-state index in [9.17, 15) is 17.6 Å². The first-order chi connectivity index (χ1) is 13.3. The Bertz CT molecular complexity index is 1020. The fourth-order valence-electron chi connectivity index (χ4n) is 2.81. The molecule has 0 N–H and O–H groups in total. The van der Waals surface area contributed by atoms with Crippen molar-refractivity contribution in [1.29, 1.82) is 0 Å². The molecule has 148 valence electrons. The molecular weight excluding hydrogens is 426 g/mol. The van der Waals surface area contributed by atoms with Gasteiger partial charge in [-0.05, 0) is 30.3 Å². The molecule has 0 bridgehead atoms. The summed E-state index contributed by atoms with van der Waals surface area (Å²) in [5.41, 5.74) is 0.316. The van der Waals surface area contributed by atoms with Gasteiger partial charge in [0, 0.05) is 37.8 Å². The lowest BCUT2D eigenvalue weighted by molar-refractivity contribution is -0.127. The zero-order chi connectivity index (χ0) is 20.3. The minimum absolute atomic E-state index is 0.0566. The number of amides is 1. The van der Waals surface area contributed by atoms with Gasteiger partial charge in [-0.3, -0.25) is 4.79 Å². The molecule has 0 radical (unpaired) electrons. The normalized spacial score (nSPS) is 15.9. The summed E-state index contributed by atoms with van der Waals surface area (Å²) < 4.78 is 40.4. The van der Waals surface area contributed by atoms with Crippen LogP contribution in [0.3, 0.4) is 0 Å². The van der Waals surface area contributed by atoms with Crippen LogP contribution in [0.25, 0.3) is 6.08 Å². The number of hydrogen-bond donors (Lipinski definition) is 0. The molecule has 0 atom stereocenters. The van der Waals surface area contributed by atoms with Gasteiger partial charge < -0.3 is 4.90 Å². The van der Waals surface area contributed by atoms with Gasteiger partial charge >= 0.3 is 0 Å². The second-order valence-corrected chi connectivity index (χ2v) is 8.91. The molecule has 0 aromatic heterocycles. The maximum Gasteiger partial charge on any atom is 0.246 e. The molecule has 3 rings (SSSR count). The third-order valence-corrected chi connectivity index (χ3v) is 7.02. The quantitative estimate of drug-likeness (QED) is 0.678. The molecule has 1 saturated heterocycles. The number of sulfonamides is 1. The van der Waals surface area contributed by atoms with Gasteiger partial charge in [-0.25, -0.2) is 12.8 Å². The first-order valence-corrected chi connectivity index (χ1v) is 10.7. The highest BCUT2D eigenvalue weighted by atomic mass is 35.5. The van der Waals surface area contributed by atoms with Gasteiger partial charge in [-0.15, -0.1) is 0 Å². The van der Waals surface area contributed by atoms with Crippen molar-refractivity contribution in [3.63, 3.8) is 0 Å². The van der Waals surface area contributed by atoms with Crippen LogP contribution in [0.1, 0.15) is 5.56 Å². The number of rotatable bonds is 4. The van der Waals surface area contributed by atoms with Crippen molar-refractivity contribution in [1.82, 2.24) is 9.21 Å². The molecule has 2 aromatic carbocycles. The summed E-state index contributed by atoms with van der Waals surface area (Å²) in [6, 6.07) is 10.3. The Morgan fingerprint density at radius 3 is 2.32 bits per heavy atom. The molecule has 9 heteroatoms. The lowest BCUT2D eigenvalue weighted by Gasteiger charge is -2.33. The Labute approximate surface area is 173 Å². The Morgan fingerprint density at radius 1 is 1.00 bits per heavy atom. The summed E-state index contributed by atoms with van der Waals surface area (Å²) in [5.74, 6) is -0.709. The van der Waals surface area contributed by atoms with Crippen LogP contribution in [0.5, 0.6) is 0 Å². The predicted molar refractivity (Wildman–Crippen MR) is 107 cm³/mol. The highest BCUT2D eigenvalue weighted by Gasteiger charge is 2.30. The molecule has 28 heavy (non-hydrogen) atoms. The summed E-state index contributed by atoms with van der Waals surface area (Å²) in [6.45, 7) is 0.783. The van der Waals surface area contributed by atoms with Crippen LogP contribution in [0, 0.1) is 5.82 Å². The zero-order valence-corrected chi connectivity index (χ0v) is 17.0. The number of carbonyl (C=O) groups is 1. The maximum absolute atomic E-state index is 13.6. The van der Waals surface area contributed by atoms with E-state index in [2.05, 4.69) is 0 Å². The highest BCUT2D eigenvalue weighted by molar-refractivity contribution is 7.89. The number of carbonyl (C=O) groups excluding carboxylic acids is 1. The highest BCUT2D eigenvalue weighted by Crippen LogP contribution is 2.27. The summed E-state index contributed by atoms with van der Waals surface area (Å²) in [5, 5.41) is 0.438. The second-order valence-electron chi connectivity index (χ2n) is 6.16. The van der Waals surface area contributed by atoms with E-state index in [0.717, 1.165) is 0 Å². The van der Waals surface area contributed by atoms with E-state index in [1.54, 1.807) is 18.2 Å². The molecule has 1 aliphatic rings. The van der Waals surface area contributed by atoms with Crippen LogP contribution in [-0.2, 0) is 14.8 Å². The summed E-state index contributed by atoms with van der Waals surface area (Å²) in [6.07, 6.45) is 2.71. The zero-order valence-electron chi connectivity index (χ0n) is 14.7. The summed E-state index contributed by atoms with van der Waals surface area (Å²) >= 11 is 11.8. The molecular formula is C19H17Cl2FN2O3S. The van der Waals surface area contributed by atoms with E-state index in [0.29, 0.717) is 5.56 Å². The Hall–Kier alpha value is -1.93. The number of nitrogens with zero attached hydrogens (tertiary/aromatic N) is 2. The van der Waals surface area contributed by atoms with Crippen LogP contribution in [0.4, 0.5) is 4.39 Å². The average molecular weight is 443 g/mol. The van der Waals surface area contributed by atoms with Gasteiger partial charge in [0.05, 0.1) is 14.9 Å². The van der Waals surface area contributed by atoms with Crippen LogP contribution in [-0.4, -0.2) is 49.7 Å². The smallest absolute Gasteiger partial charge is 0.246 e. The molecule has 0 aliphatic carbocycles. The standard InChI is InChI=1S/C19H17Cl2FN2O3S/c20-16-7-6-15(13-17(16)21)28(26,27)24-11-9-23(10-12-24)19(25)8-5-14-3-1-2-4-18(14)22/h1-8,13H,9-12H2. The van der Waals surface area contributed by atoms with Crippen molar-refractivity contribution >= 4 is 45.2 Å². The van der Waals surface area contributed by atoms with Crippen molar-refractivity contribution in [3.8, 4) is 0 Å². The van der Waals surface area contributed by atoms with Crippen LogP contribution < -0.4 is 0 Å². The van der Waals surface area contributed by atoms with Gasteiger partial charge in [-0.2, -0.15) is 4.31 Å². The number of halogens is 3. The van der Waals surface area contributed by atoms with E-state index in [-0.39, 0.29) is 47.0 Å². The van der Waals surface area contributed by atoms with Crippen molar-refractivity contribution < 1.29 is 17.6 Å². The lowest BCUT2D eigenvalue weighted by Crippen LogP contribution is -2.50. The second kappa shape index (κ2) is 8.61. The molecule has 1 aliphatic heterocycles. The molecule has 1 heterocycles. The van der Waals surface area contributed by atoms with E-state index >= 15 is 0 Å². The van der Waals surface area contributed by atoms with Crippen molar-refractivity contribution in [2.45, 2.75) is 4.90 Å². The molecule has 1 fully saturated rings. The Balaban J connectivity index is 1.64. The third kappa shape index (κ3) is 4.55. The fourth-order valence-corrected chi connectivity index (χ4v) is 4.62. The first-order valence-electron chi connectivity index (χ1n) is 8.46. The predicted octanol–water partition coefficient (Wildman–Crippen LogP) is 3.68. The molecule has 5 nitrogen and oxygen atoms in total. The Kier molecular flexibility index (Phi) is 6.40. The fraction of sp³-hybridized carbons (Fsp3) is 0.211. The van der Waals surface area contributed by atoms with E-state index in [1.807, 2.05) is 0 Å². The van der Waals surface area contributed by atoms with E-state index in [4.69, 9.17) is 23.2 Å². The minimum Gasteiger partial charge on any atom is -0.337 e. The number of hydrogen-bond acceptors (Lipinski definition) is 3. The van der Waals surface area contributed by atoms with Crippen molar-refractivity contribution in [2.24, 2.45) is 0 Å². The topological polar surface area (TPSA) is 57.7 Å². The molecule has 2 aromatic rings. The molecule has 1 amide bonds. The van der Waals surface area contributed by atoms with Gasteiger partial charge in [-0.1, -0.05) is 41.4 Å². The van der Waals surface area contributed by atoms with Gasteiger partial charge in [0.2, 0.25) is 15.9 Å². The molecule has 0 spiro atoms. The van der Waals surface area contributed by atoms with Gasteiger partial charge in [0.1, 0.15) is 5.82 Å². The minimum atomic E-state index is -3.73. The van der Waals surface area contributed by atoms with Gasteiger partial charge in [0.25, 0.3) is 0 Å². The van der Waals surface area contributed by atoms with Gasteiger partial charge in [0.15, 0.2) is 0 Å². The number of benzene rings is 2. The molecule has 0 unspecified atom stereocenters. The monoisotopic (exact) mass is 442 g/mol. The summed E-state index contributed by atoms with van der Waals surface area (Å²) in [4.78, 5) is 13.9. The Morgan fingerprint density at radius 2 is 1.68 bits per heavy atom. The SMILES string of the molecule is O=C(C=Cc1ccccc1F)N1CCN(S(=O)(=O)c2ccc(Cl)c(Cl)c2)CC1. The van der Waals surface area contributed by atoms with E-state index in [1.165, 1.54) is 45.6 Å². The number of piperazine rings is 1. The van der Waals surface area contributed by atoms with Crippen LogP contribution in [0.15, 0.2) is 53.4 Å². The largest absolute Gasteiger partial charge is 0.337 e.